The Balaban J connectivity index is 1.92. The standard InChI is InChI=1S/C15H20N2O4S/c1-11-15(18)16-9-3-4-12(16)10-17(11)22(19,20)14-7-5-13(21-2)6-8-14/h5-8,11-12H,3-4,9-10H2,1-2H3. The van der Waals surface area contributed by atoms with Crippen molar-refractivity contribution in [1.82, 2.24) is 9.21 Å². The average Bonchev–Trinajstić information content (AvgIpc) is 2.99. The molecule has 2 fully saturated rings. The summed E-state index contributed by atoms with van der Waals surface area (Å²) < 4.78 is 32.1. The fourth-order valence-corrected chi connectivity index (χ4v) is 4.86. The van der Waals surface area contributed by atoms with E-state index in [1.807, 2.05) is 4.90 Å². The van der Waals surface area contributed by atoms with Crippen molar-refractivity contribution < 1.29 is 17.9 Å². The maximum absolute atomic E-state index is 12.8. The molecule has 3 rings (SSSR count). The van der Waals surface area contributed by atoms with Crippen molar-refractivity contribution in [1.29, 1.82) is 0 Å². The number of piperazine rings is 1. The molecule has 6 nitrogen and oxygen atoms in total. The van der Waals surface area contributed by atoms with Crippen molar-refractivity contribution in [3.63, 3.8) is 0 Å². The Hall–Kier alpha value is -1.60. The number of fused-ring (bicyclic) bond motifs is 1. The molecule has 2 atom stereocenters. The van der Waals surface area contributed by atoms with Crippen LogP contribution in [0.5, 0.6) is 5.75 Å². The Bertz CT molecular complexity index is 671. The molecule has 1 aromatic carbocycles. The summed E-state index contributed by atoms with van der Waals surface area (Å²) in [5.74, 6) is 0.509. The van der Waals surface area contributed by atoms with Crippen LogP contribution in [-0.4, -0.2) is 55.8 Å². The fraction of sp³-hybridized carbons (Fsp3) is 0.533. The third-order valence-corrected chi connectivity index (χ3v) is 6.46. The van der Waals surface area contributed by atoms with E-state index in [0.29, 0.717) is 12.3 Å². The van der Waals surface area contributed by atoms with E-state index in [1.54, 1.807) is 19.1 Å². The van der Waals surface area contributed by atoms with Crippen molar-refractivity contribution in [3.8, 4) is 5.75 Å². The van der Waals surface area contributed by atoms with E-state index in [0.717, 1.165) is 19.4 Å². The van der Waals surface area contributed by atoms with Crippen LogP contribution in [0.4, 0.5) is 0 Å². The second-order valence-electron chi connectivity index (χ2n) is 5.75. The van der Waals surface area contributed by atoms with Crippen LogP contribution in [0.2, 0.25) is 0 Å². The van der Waals surface area contributed by atoms with Gasteiger partial charge in [0.05, 0.1) is 12.0 Å². The number of sulfonamides is 1. The molecule has 0 aromatic heterocycles. The lowest BCUT2D eigenvalue weighted by Gasteiger charge is -2.40. The zero-order valence-electron chi connectivity index (χ0n) is 12.7. The molecule has 0 saturated carbocycles. The highest BCUT2D eigenvalue weighted by molar-refractivity contribution is 7.89. The minimum atomic E-state index is -3.68. The predicted octanol–water partition coefficient (Wildman–Crippen LogP) is 1.08. The summed E-state index contributed by atoms with van der Waals surface area (Å²) >= 11 is 0. The van der Waals surface area contributed by atoms with Gasteiger partial charge in [0.2, 0.25) is 15.9 Å². The highest BCUT2D eigenvalue weighted by Crippen LogP contribution is 2.30. The first-order valence-electron chi connectivity index (χ1n) is 7.41. The van der Waals surface area contributed by atoms with E-state index in [2.05, 4.69) is 0 Å². The summed E-state index contributed by atoms with van der Waals surface area (Å²) in [5.41, 5.74) is 0. The van der Waals surface area contributed by atoms with E-state index in [1.165, 1.54) is 23.5 Å². The number of methoxy groups -OCH3 is 1. The number of carbonyl (C=O) groups excluding carboxylic acids is 1. The molecule has 2 aliphatic heterocycles. The molecule has 0 radical (unpaired) electrons. The first-order valence-corrected chi connectivity index (χ1v) is 8.85. The lowest BCUT2D eigenvalue weighted by atomic mass is 10.1. The van der Waals surface area contributed by atoms with Gasteiger partial charge in [-0.1, -0.05) is 0 Å². The highest BCUT2D eigenvalue weighted by Gasteiger charge is 2.45. The molecule has 1 aromatic rings. The molecular formula is C15H20N2O4S. The van der Waals surface area contributed by atoms with Gasteiger partial charge in [0, 0.05) is 19.1 Å². The van der Waals surface area contributed by atoms with E-state index in [-0.39, 0.29) is 16.8 Å². The second-order valence-corrected chi connectivity index (χ2v) is 7.64. The molecule has 0 N–H and O–H groups in total. The zero-order chi connectivity index (χ0) is 15.9. The summed E-state index contributed by atoms with van der Waals surface area (Å²) in [6.07, 6.45) is 1.81. The van der Waals surface area contributed by atoms with E-state index < -0.39 is 16.1 Å². The van der Waals surface area contributed by atoms with Crippen LogP contribution in [0.1, 0.15) is 19.8 Å². The van der Waals surface area contributed by atoms with Gasteiger partial charge in [-0.05, 0) is 44.0 Å². The van der Waals surface area contributed by atoms with Crippen LogP contribution in [0.25, 0.3) is 0 Å². The molecule has 0 bridgehead atoms. The van der Waals surface area contributed by atoms with Crippen LogP contribution in [-0.2, 0) is 14.8 Å². The van der Waals surface area contributed by atoms with Crippen LogP contribution >= 0.6 is 0 Å². The van der Waals surface area contributed by atoms with E-state index in [9.17, 15) is 13.2 Å². The maximum atomic E-state index is 12.8. The Labute approximate surface area is 130 Å². The average molecular weight is 324 g/mol. The van der Waals surface area contributed by atoms with E-state index in [4.69, 9.17) is 4.74 Å². The number of nitrogens with zero attached hydrogens (tertiary/aromatic N) is 2. The fourth-order valence-electron chi connectivity index (χ4n) is 3.23. The number of hydrogen-bond acceptors (Lipinski definition) is 4. The second kappa shape index (κ2) is 5.55. The van der Waals surface area contributed by atoms with Gasteiger partial charge >= 0.3 is 0 Å². The smallest absolute Gasteiger partial charge is 0.243 e. The molecule has 0 aliphatic carbocycles. The van der Waals surface area contributed by atoms with Crippen molar-refractivity contribution in [2.75, 3.05) is 20.2 Å². The number of benzene rings is 1. The quantitative estimate of drug-likeness (QED) is 0.834. The van der Waals surface area contributed by atoms with Crippen molar-refractivity contribution >= 4 is 15.9 Å². The summed E-state index contributed by atoms with van der Waals surface area (Å²) in [5, 5.41) is 0. The lowest BCUT2D eigenvalue weighted by Crippen LogP contribution is -2.59. The molecule has 120 valence electrons. The minimum absolute atomic E-state index is 0.0109. The predicted molar refractivity (Wildman–Crippen MR) is 81.1 cm³/mol. The van der Waals surface area contributed by atoms with Crippen LogP contribution in [0.15, 0.2) is 29.2 Å². The Morgan fingerprint density at radius 1 is 1.23 bits per heavy atom. The molecular weight excluding hydrogens is 304 g/mol. The van der Waals surface area contributed by atoms with Crippen molar-refractivity contribution in [2.45, 2.75) is 36.7 Å². The maximum Gasteiger partial charge on any atom is 0.243 e. The first-order chi connectivity index (χ1) is 10.4. The molecule has 2 heterocycles. The topological polar surface area (TPSA) is 66.9 Å². The van der Waals surface area contributed by atoms with Gasteiger partial charge in [-0.25, -0.2) is 8.42 Å². The SMILES string of the molecule is COc1ccc(S(=O)(=O)N2CC3CCCN3C(=O)C2C)cc1. The molecule has 7 heteroatoms. The van der Waals surface area contributed by atoms with Gasteiger partial charge in [-0.15, -0.1) is 0 Å². The zero-order valence-corrected chi connectivity index (χ0v) is 13.5. The summed E-state index contributed by atoms with van der Waals surface area (Å²) in [4.78, 5) is 14.4. The molecule has 2 unspecified atom stereocenters. The van der Waals surface area contributed by atoms with Crippen molar-refractivity contribution in [3.05, 3.63) is 24.3 Å². The lowest BCUT2D eigenvalue weighted by molar-refractivity contribution is -0.139. The van der Waals surface area contributed by atoms with Crippen LogP contribution in [0, 0.1) is 0 Å². The summed E-state index contributed by atoms with van der Waals surface area (Å²) in [7, 11) is -2.15. The molecule has 0 spiro atoms. The van der Waals surface area contributed by atoms with Crippen LogP contribution < -0.4 is 4.74 Å². The van der Waals surface area contributed by atoms with Crippen molar-refractivity contribution in [2.24, 2.45) is 0 Å². The number of amides is 1. The number of hydrogen-bond donors (Lipinski definition) is 0. The third kappa shape index (κ3) is 2.38. The third-order valence-electron chi connectivity index (χ3n) is 4.51. The van der Waals surface area contributed by atoms with E-state index >= 15 is 0 Å². The van der Waals surface area contributed by atoms with Gasteiger partial charge in [-0.3, -0.25) is 4.79 Å². The first kappa shape index (κ1) is 15.3. The number of ether oxygens (including phenoxy) is 1. The Morgan fingerprint density at radius 3 is 2.55 bits per heavy atom. The van der Waals surface area contributed by atoms with Gasteiger partial charge in [0.15, 0.2) is 0 Å². The largest absolute Gasteiger partial charge is 0.497 e. The van der Waals surface area contributed by atoms with Gasteiger partial charge in [0.25, 0.3) is 0 Å². The number of rotatable bonds is 3. The summed E-state index contributed by atoms with van der Waals surface area (Å²) in [6, 6.07) is 5.63. The Kier molecular flexibility index (Phi) is 3.86. The minimum Gasteiger partial charge on any atom is -0.497 e. The summed E-state index contributed by atoms with van der Waals surface area (Å²) in [6.45, 7) is 2.78. The number of carbonyl (C=O) groups is 1. The Morgan fingerprint density at radius 2 is 1.91 bits per heavy atom. The van der Waals surface area contributed by atoms with Gasteiger partial charge in [-0.2, -0.15) is 4.31 Å². The molecule has 22 heavy (non-hydrogen) atoms. The molecule has 2 aliphatic rings. The van der Waals surface area contributed by atoms with Gasteiger partial charge < -0.3 is 9.64 Å². The van der Waals surface area contributed by atoms with Crippen LogP contribution in [0.3, 0.4) is 0 Å². The normalized spacial score (nSPS) is 26.1. The van der Waals surface area contributed by atoms with Gasteiger partial charge in [0.1, 0.15) is 11.8 Å². The highest BCUT2D eigenvalue weighted by atomic mass is 32.2. The molecule has 1 amide bonds. The molecule has 2 saturated heterocycles. The monoisotopic (exact) mass is 324 g/mol.